The maximum Gasteiger partial charge on any atom is 0.255 e. The summed E-state index contributed by atoms with van der Waals surface area (Å²) in [5, 5.41) is 12.6. The van der Waals surface area contributed by atoms with Crippen molar-refractivity contribution in [3.8, 4) is 11.5 Å². The molecule has 1 rings (SSSR count). The Bertz CT molecular complexity index is 418. The van der Waals surface area contributed by atoms with Gasteiger partial charge < -0.3 is 15.2 Å². The monoisotopic (exact) mass is 251 g/mol. The molecule has 0 saturated carbocycles. The number of methoxy groups -OCH3 is 1. The van der Waals surface area contributed by atoms with Gasteiger partial charge in [-0.05, 0) is 25.0 Å². The number of phenols is 1. The number of aromatic hydroxyl groups is 1. The Morgan fingerprint density at radius 3 is 2.61 bits per heavy atom. The van der Waals surface area contributed by atoms with Gasteiger partial charge in [0.15, 0.2) is 0 Å². The van der Waals surface area contributed by atoms with Crippen LogP contribution >= 0.6 is 0 Å². The zero-order chi connectivity index (χ0) is 13.7. The highest BCUT2D eigenvalue weighted by molar-refractivity contribution is 5.97. The van der Waals surface area contributed by atoms with Crippen LogP contribution < -0.4 is 10.1 Å². The highest BCUT2D eigenvalue weighted by Gasteiger charge is 2.17. The summed E-state index contributed by atoms with van der Waals surface area (Å²) < 4.78 is 4.97. The van der Waals surface area contributed by atoms with E-state index in [0.29, 0.717) is 11.7 Å². The number of benzene rings is 1. The standard InChI is InChI=1S/C14H21NO3/c1-5-9(2)10(3)15-14(17)12-7-6-11(18-4)8-13(12)16/h6-10,16H,5H2,1-4H3,(H,15,17). The largest absolute Gasteiger partial charge is 0.507 e. The fourth-order valence-corrected chi connectivity index (χ4v) is 1.61. The van der Waals surface area contributed by atoms with Crippen LogP contribution in [-0.4, -0.2) is 24.2 Å². The van der Waals surface area contributed by atoms with Crippen LogP contribution in [0.2, 0.25) is 0 Å². The van der Waals surface area contributed by atoms with Gasteiger partial charge in [0.05, 0.1) is 12.7 Å². The SMILES string of the molecule is CCC(C)C(C)NC(=O)c1ccc(OC)cc1O. The first-order valence-corrected chi connectivity index (χ1v) is 6.17. The fraction of sp³-hybridized carbons (Fsp3) is 0.500. The molecular formula is C14H21NO3. The number of carbonyl (C=O) groups is 1. The van der Waals surface area contributed by atoms with Gasteiger partial charge in [-0.2, -0.15) is 0 Å². The molecule has 2 N–H and O–H groups in total. The summed E-state index contributed by atoms with van der Waals surface area (Å²) in [6, 6.07) is 4.72. The van der Waals surface area contributed by atoms with Crippen LogP contribution in [0.4, 0.5) is 0 Å². The van der Waals surface area contributed by atoms with E-state index in [-0.39, 0.29) is 23.3 Å². The van der Waals surface area contributed by atoms with E-state index in [1.165, 1.54) is 13.2 Å². The van der Waals surface area contributed by atoms with Crippen LogP contribution in [0.15, 0.2) is 18.2 Å². The first kappa shape index (κ1) is 14.4. The Labute approximate surface area is 108 Å². The van der Waals surface area contributed by atoms with Gasteiger partial charge in [-0.15, -0.1) is 0 Å². The Hall–Kier alpha value is -1.71. The molecular weight excluding hydrogens is 230 g/mol. The molecule has 2 unspecified atom stereocenters. The number of hydrogen-bond donors (Lipinski definition) is 2. The highest BCUT2D eigenvalue weighted by Crippen LogP contribution is 2.23. The van der Waals surface area contributed by atoms with Crippen LogP contribution in [0.1, 0.15) is 37.6 Å². The van der Waals surface area contributed by atoms with Gasteiger partial charge in [0.2, 0.25) is 0 Å². The van der Waals surface area contributed by atoms with Gasteiger partial charge in [0.25, 0.3) is 5.91 Å². The number of hydrogen-bond acceptors (Lipinski definition) is 3. The third-order valence-corrected chi connectivity index (χ3v) is 3.31. The molecule has 0 radical (unpaired) electrons. The van der Waals surface area contributed by atoms with Gasteiger partial charge in [-0.3, -0.25) is 4.79 Å². The molecule has 1 amide bonds. The van der Waals surface area contributed by atoms with Crippen molar-refractivity contribution in [2.45, 2.75) is 33.2 Å². The Morgan fingerprint density at radius 2 is 2.11 bits per heavy atom. The number of rotatable bonds is 5. The predicted octanol–water partition coefficient (Wildman–Crippen LogP) is 2.57. The summed E-state index contributed by atoms with van der Waals surface area (Å²) in [4.78, 5) is 12.0. The predicted molar refractivity (Wildman–Crippen MR) is 71.0 cm³/mol. The quantitative estimate of drug-likeness (QED) is 0.845. The zero-order valence-electron chi connectivity index (χ0n) is 11.4. The van der Waals surface area contributed by atoms with Crippen molar-refractivity contribution in [2.24, 2.45) is 5.92 Å². The normalized spacial score (nSPS) is 13.8. The van der Waals surface area contributed by atoms with E-state index in [1.807, 2.05) is 6.92 Å². The summed E-state index contributed by atoms with van der Waals surface area (Å²) in [5.41, 5.74) is 0.269. The first-order valence-electron chi connectivity index (χ1n) is 6.17. The maximum atomic E-state index is 12.0. The molecule has 1 aromatic rings. The molecule has 0 spiro atoms. The third kappa shape index (κ3) is 3.39. The first-order chi connectivity index (χ1) is 8.49. The van der Waals surface area contributed by atoms with Gasteiger partial charge in [-0.25, -0.2) is 0 Å². The van der Waals surface area contributed by atoms with Crippen LogP contribution in [0.5, 0.6) is 11.5 Å². The summed E-state index contributed by atoms with van der Waals surface area (Å²) >= 11 is 0. The maximum absolute atomic E-state index is 12.0. The average Bonchev–Trinajstić information content (AvgIpc) is 2.37. The topological polar surface area (TPSA) is 58.6 Å². The van der Waals surface area contributed by atoms with Crippen LogP contribution in [0, 0.1) is 5.92 Å². The third-order valence-electron chi connectivity index (χ3n) is 3.31. The molecule has 0 saturated heterocycles. The Kier molecular flexibility index (Phi) is 5.01. The molecule has 0 bridgehead atoms. The minimum Gasteiger partial charge on any atom is -0.507 e. The van der Waals surface area contributed by atoms with E-state index in [4.69, 9.17) is 4.74 Å². The van der Waals surface area contributed by atoms with E-state index >= 15 is 0 Å². The van der Waals surface area contributed by atoms with Crippen LogP contribution in [-0.2, 0) is 0 Å². The summed E-state index contributed by atoms with van der Waals surface area (Å²) in [7, 11) is 1.51. The van der Waals surface area contributed by atoms with Crippen molar-refractivity contribution in [1.29, 1.82) is 0 Å². The fourth-order valence-electron chi connectivity index (χ4n) is 1.61. The second-order valence-corrected chi connectivity index (χ2v) is 4.53. The summed E-state index contributed by atoms with van der Waals surface area (Å²) in [6.07, 6.45) is 0.996. The van der Waals surface area contributed by atoms with Crippen molar-refractivity contribution in [3.63, 3.8) is 0 Å². The second-order valence-electron chi connectivity index (χ2n) is 4.53. The van der Waals surface area contributed by atoms with E-state index in [0.717, 1.165) is 6.42 Å². The van der Waals surface area contributed by atoms with Crippen LogP contribution in [0.25, 0.3) is 0 Å². The minimum absolute atomic E-state index is 0.0665. The summed E-state index contributed by atoms with van der Waals surface area (Å²) in [5.74, 6) is 0.597. The molecule has 0 aliphatic rings. The van der Waals surface area contributed by atoms with Crippen LogP contribution in [0.3, 0.4) is 0 Å². The zero-order valence-corrected chi connectivity index (χ0v) is 11.4. The average molecular weight is 251 g/mol. The molecule has 0 aliphatic heterocycles. The molecule has 100 valence electrons. The molecule has 2 atom stereocenters. The second kappa shape index (κ2) is 6.28. The molecule has 0 fully saturated rings. The highest BCUT2D eigenvalue weighted by atomic mass is 16.5. The lowest BCUT2D eigenvalue weighted by Gasteiger charge is -2.20. The Balaban J connectivity index is 2.78. The van der Waals surface area contributed by atoms with E-state index < -0.39 is 0 Å². The Morgan fingerprint density at radius 1 is 1.44 bits per heavy atom. The lowest BCUT2D eigenvalue weighted by molar-refractivity contribution is 0.0925. The number of carbonyl (C=O) groups excluding carboxylic acids is 1. The van der Waals surface area contributed by atoms with Crippen molar-refractivity contribution >= 4 is 5.91 Å². The number of phenolic OH excluding ortho intramolecular Hbond substituents is 1. The smallest absolute Gasteiger partial charge is 0.255 e. The van der Waals surface area contributed by atoms with Crippen molar-refractivity contribution in [3.05, 3.63) is 23.8 Å². The lowest BCUT2D eigenvalue weighted by atomic mass is 10.0. The van der Waals surface area contributed by atoms with Gasteiger partial charge in [0.1, 0.15) is 11.5 Å². The van der Waals surface area contributed by atoms with E-state index in [2.05, 4.69) is 19.2 Å². The van der Waals surface area contributed by atoms with Crippen molar-refractivity contribution < 1.29 is 14.6 Å². The molecule has 4 nitrogen and oxygen atoms in total. The molecule has 18 heavy (non-hydrogen) atoms. The number of nitrogens with one attached hydrogen (secondary N) is 1. The minimum atomic E-state index is -0.261. The molecule has 0 heterocycles. The number of ether oxygens (including phenoxy) is 1. The lowest BCUT2D eigenvalue weighted by Crippen LogP contribution is -2.36. The summed E-state index contributed by atoms with van der Waals surface area (Å²) in [6.45, 7) is 6.13. The molecule has 0 aliphatic carbocycles. The van der Waals surface area contributed by atoms with Gasteiger partial charge in [-0.1, -0.05) is 20.3 Å². The van der Waals surface area contributed by atoms with E-state index in [9.17, 15) is 9.90 Å². The van der Waals surface area contributed by atoms with E-state index in [1.54, 1.807) is 12.1 Å². The van der Waals surface area contributed by atoms with Crippen molar-refractivity contribution in [1.82, 2.24) is 5.32 Å². The molecule has 1 aromatic carbocycles. The molecule has 4 heteroatoms. The van der Waals surface area contributed by atoms with Gasteiger partial charge >= 0.3 is 0 Å². The van der Waals surface area contributed by atoms with Crippen molar-refractivity contribution in [2.75, 3.05) is 7.11 Å². The molecule has 0 aromatic heterocycles. The van der Waals surface area contributed by atoms with Gasteiger partial charge in [0, 0.05) is 12.1 Å². The number of amides is 1.